The summed E-state index contributed by atoms with van der Waals surface area (Å²) < 4.78 is 1.87. The molecule has 5 rings (SSSR count). The molecule has 1 N–H and O–H groups in total. The maximum Gasteiger partial charge on any atom is 0.181 e. The van der Waals surface area contributed by atoms with Gasteiger partial charge in [0.05, 0.1) is 11.9 Å². The van der Waals surface area contributed by atoms with Gasteiger partial charge in [0.25, 0.3) is 0 Å². The first-order valence-corrected chi connectivity index (χ1v) is 11.8. The van der Waals surface area contributed by atoms with Gasteiger partial charge in [0.15, 0.2) is 5.65 Å². The molecule has 2 aromatic heterocycles. The van der Waals surface area contributed by atoms with Crippen LogP contribution in [0, 0.1) is 0 Å². The monoisotopic (exact) mass is 450 g/mol. The van der Waals surface area contributed by atoms with Gasteiger partial charge in [0.2, 0.25) is 0 Å². The van der Waals surface area contributed by atoms with Crippen LogP contribution in [0.2, 0.25) is 0 Å². The highest BCUT2D eigenvalue weighted by atomic mass is 15.3. The van der Waals surface area contributed by atoms with Crippen LogP contribution in [0.5, 0.6) is 0 Å². The maximum atomic E-state index is 4.84. The first kappa shape index (κ1) is 21.9. The third-order valence-electron chi connectivity index (χ3n) is 6.15. The molecular formula is C28H30N6. The van der Waals surface area contributed by atoms with Gasteiger partial charge in [-0.15, -0.1) is 0 Å². The zero-order chi connectivity index (χ0) is 23.3. The van der Waals surface area contributed by atoms with Crippen LogP contribution in [-0.2, 0) is 6.54 Å². The van der Waals surface area contributed by atoms with E-state index in [-0.39, 0.29) is 0 Å². The Labute approximate surface area is 200 Å². The van der Waals surface area contributed by atoms with Crippen molar-refractivity contribution in [3.8, 4) is 17.1 Å². The van der Waals surface area contributed by atoms with Crippen LogP contribution < -0.4 is 4.90 Å². The summed E-state index contributed by atoms with van der Waals surface area (Å²) >= 11 is 0. The molecule has 2 heterocycles. The van der Waals surface area contributed by atoms with Crippen molar-refractivity contribution in [3.05, 3.63) is 96.7 Å². The Kier molecular flexibility index (Phi) is 6.40. The summed E-state index contributed by atoms with van der Waals surface area (Å²) in [5.41, 5.74) is 6.41. The number of nitrogens with one attached hydrogen (secondary N) is 1. The Morgan fingerprint density at radius 1 is 0.853 bits per heavy atom. The number of rotatable bonds is 9. The molecule has 0 bridgehead atoms. The van der Waals surface area contributed by atoms with E-state index in [1.807, 2.05) is 41.2 Å². The molecule has 0 spiro atoms. The van der Waals surface area contributed by atoms with Gasteiger partial charge >= 0.3 is 0 Å². The van der Waals surface area contributed by atoms with Crippen molar-refractivity contribution in [3.63, 3.8) is 0 Å². The van der Waals surface area contributed by atoms with Crippen molar-refractivity contribution >= 4 is 16.9 Å². The Hall–Kier alpha value is -3.90. The lowest BCUT2D eigenvalue weighted by Gasteiger charge is -2.26. The Morgan fingerprint density at radius 3 is 2.26 bits per heavy atom. The first-order valence-electron chi connectivity index (χ1n) is 11.8. The van der Waals surface area contributed by atoms with Crippen LogP contribution in [0.1, 0.15) is 12.5 Å². The third kappa shape index (κ3) is 4.72. The van der Waals surface area contributed by atoms with E-state index in [0.717, 1.165) is 54.4 Å². The van der Waals surface area contributed by atoms with Gasteiger partial charge in [-0.3, -0.25) is 0 Å². The summed E-state index contributed by atoms with van der Waals surface area (Å²) in [7, 11) is 2.18. The Balaban J connectivity index is 1.27. The number of nitrogens with zero attached hydrogens (tertiary/aromatic N) is 5. The second kappa shape index (κ2) is 9.93. The molecule has 0 unspecified atom stereocenters. The Morgan fingerprint density at radius 2 is 1.56 bits per heavy atom. The van der Waals surface area contributed by atoms with Crippen LogP contribution in [0.4, 0.5) is 5.69 Å². The van der Waals surface area contributed by atoms with E-state index in [0.29, 0.717) is 0 Å². The second-order valence-electron chi connectivity index (χ2n) is 8.56. The summed E-state index contributed by atoms with van der Waals surface area (Å²) in [6.07, 6.45) is 1.83. The van der Waals surface area contributed by atoms with E-state index in [1.165, 1.54) is 11.3 Å². The third-order valence-corrected chi connectivity index (χ3v) is 6.15. The fourth-order valence-corrected chi connectivity index (χ4v) is 4.26. The van der Waals surface area contributed by atoms with Crippen LogP contribution >= 0.6 is 0 Å². The zero-order valence-corrected chi connectivity index (χ0v) is 19.7. The van der Waals surface area contributed by atoms with Crippen LogP contribution in [0.15, 0.2) is 91.1 Å². The lowest BCUT2D eigenvalue weighted by Crippen LogP contribution is -2.33. The van der Waals surface area contributed by atoms with Gasteiger partial charge in [-0.05, 0) is 55.9 Å². The number of anilines is 1. The molecule has 0 saturated carbocycles. The molecule has 172 valence electrons. The van der Waals surface area contributed by atoms with E-state index < -0.39 is 0 Å². The van der Waals surface area contributed by atoms with E-state index in [1.54, 1.807) is 0 Å². The maximum absolute atomic E-state index is 4.84. The number of fused-ring (bicyclic) bond motifs is 1. The van der Waals surface area contributed by atoms with Crippen molar-refractivity contribution in [2.45, 2.75) is 13.5 Å². The standard InChI is InChI=1S/C28H30N6/c1-3-33(19-18-32(2)21-22-10-6-4-7-11-22)24-16-14-23(15-17-24)27-30-26-20-29-34(28(26)31-27)25-12-8-5-9-13-25/h4-17,20H,3,18-19,21H2,1-2H3,(H,30,31). The molecule has 0 atom stereocenters. The van der Waals surface area contributed by atoms with Gasteiger partial charge in [-0.1, -0.05) is 48.5 Å². The lowest BCUT2D eigenvalue weighted by molar-refractivity contribution is 0.333. The number of hydrogen-bond acceptors (Lipinski definition) is 4. The van der Waals surface area contributed by atoms with E-state index in [9.17, 15) is 0 Å². The van der Waals surface area contributed by atoms with Gasteiger partial charge in [0.1, 0.15) is 11.3 Å². The molecule has 0 saturated heterocycles. The van der Waals surface area contributed by atoms with Gasteiger partial charge in [0, 0.05) is 37.4 Å². The number of benzene rings is 3. The van der Waals surface area contributed by atoms with Crippen LogP contribution in [-0.4, -0.2) is 51.3 Å². The normalized spacial score (nSPS) is 11.4. The molecule has 0 fully saturated rings. The lowest BCUT2D eigenvalue weighted by atomic mass is 10.2. The van der Waals surface area contributed by atoms with E-state index in [2.05, 4.69) is 88.5 Å². The summed E-state index contributed by atoms with van der Waals surface area (Å²) in [5, 5.41) is 4.48. The fraction of sp³-hybridized carbons (Fsp3) is 0.214. The second-order valence-corrected chi connectivity index (χ2v) is 8.56. The van der Waals surface area contributed by atoms with Crippen molar-refractivity contribution in [1.82, 2.24) is 24.6 Å². The quantitative estimate of drug-likeness (QED) is 0.328. The van der Waals surface area contributed by atoms with Crippen LogP contribution in [0.3, 0.4) is 0 Å². The number of para-hydroxylation sites is 1. The highest BCUT2D eigenvalue weighted by Crippen LogP contribution is 2.25. The first-order chi connectivity index (χ1) is 16.7. The molecule has 6 heteroatoms. The predicted octanol–water partition coefficient (Wildman–Crippen LogP) is 5.37. The predicted molar refractivity (Wildman–Crippen MR) is 139 cm³/mol. The number of likely N-dealkylation sites (N-methyl/N-ethyl adjacent to an activating group) is 2. The molecule has 6 nitrogen and oxygen atoms in total. The molecule has 3 aromatic carbocycles. The number of aromatic amines is 1. The molecule has 0 amide bonds. The molecule has 0 aliphatic heterocycles. The summed E-state index contributed by atoms with van der Waals surface area (Å²) in [6, 6.07) is 29.4. The minimum atomic E-state index is 0.835. The molecular weight excluding hydrogens is 420 g/mol. The van der Waals surface area contributed by atoms with Crippen molar-refractivity contribution in [2.24, 2.45) is 0 Å². The van der Waals surface area contributed by atoms with E-state index >= 15 is 0 Å². The highest BCUT2D eigenvalue weighted by molar-refractivity contribution is 5.77. The largest absolute Gasteiger partial charge is 0.371 e. The highest BCUT2D eigenvalue weighted by Gasteiger charge is 2.13. The Bertz CT molecular complexity index is 1320. The van der Waals surface area contributed by atoms with Crippen molar-refractivity contribution < 1.29 is 0 Å². The van der Waals surface area contributed by atoms with Gasteiger partial charge < -0.3 is 14.8 Å². The zero-order valence-electron chi connectivity index (χ0n) is 19.7. The van der Waals surface area contributed by atoms with Crippen LogP contribution in [0.25, 0.3) is 28.2 Å². The van der Waals surface area contributed by atoms with Gasteiger partial charge in [-0.25, -0.2) is 9.67 Å². The smallest absolute Gasteiger partial charge is 0.181 e. The SMILES string of the molecule is CCN(CCN(C)Cc1ccccc1)c1ccc(-c2nc3c(cnn3-c3ccccc3)[nH]2)cc1. The average Bonchev–Trinajstić information content (AvgIpc) is 3.47. The van der Waals surface area contributed by atoms with E-state index in [4.69, 9.17) is 4.98 Å². The van der Waals surface area contributed by atoms with Gasteiger partial charge in [-0.2, -0.15) is 5.10 Å². The number of aromatic nitrogens is 4. The molecule has 0 aliphatic carbocycles. The van der Waals surface area contributed by atoms with Crippen molar-refractivity contribution in [2.75, 3.05) is 31.6 Å². The minimum Gasteiger partial charge on any atom is -0.371 e. The molecule has 34 heavy (non-hydrogen) atoms. The number of hydrogen-bond donors (Lipinski definition) is 1. The summed E-state index contributed by atoms with van der Waals surface area (Å²) in [5.74, 6) is 0.856. The minimum absolute atomic E-state index is 0.835. The summed E-state index contributed by atoms with van der Waals surface area (Å²) in [4.78, 5) is 13.0. The van der Waals surface area contributed by atoms with Crippen molar-refractivity contribution in [1.29, 1.82) is 0 Å². The molecule has 5 aromatic rings. The number of imidazole rings is 1. The topological polar surface area (TPSA) is 53.0 Å². The number of H-pyrrole nitrogens is 1. The summed E-state index contributed by atoms with van der Waals surface area (Å²) in [6.45, 7) is 6.13. The fourth-order valence-electron chi connectivity index (χ4n) is 4.26. The molecule has 0 aliphatic rings. The molecule has 0 radical (unpaired) electrons. The average molecular weight is 451 g/mol.